The zero-order valence-electron chi connectivity index (χ0n) is 13.5. The van der Waals surface area contributed by atoms with Gasteiger partial charge in [-0.3, -0.25) is 4.79 Å². The maximum absolute atomic E-state index is 11.3. The van der Waals surface area contributed by atoms with E-state index >= 15 is 0 Å². The fraction of sp³-hybridized carbons (Fsp3) is 0.353. The van der Waals surface area contributed by atoms with Gasteiger partial charge in [0.1, 0.15) is 0 Å². The first-order valence-corrected chi connectivity index (χ1v) is 7.39. The molecule has 0 radical (unpaired) electrons. The third-order valence-electron chi connectivity index (χ3n) is 3.28. The summed E-state index contributed by atoms with van der Waals surface area (Å²) in [6, 6.07) is 11.8. The molecule has 0 unspecified atom stereocenters. The van der Waals surface area contributed by atoms with E-state index in [1.807, 2.05) is 12.1 Å². The number of benzene rings is 1. The first kappa shape index (κ1) is 15.9. The molecule has 2 N–H and O–H groups in total. The summed E-state index contributed by atoms with van der Waals surface area (Å²) in [5.74, 6) is 1.02. The van der Waals surface area contributed by atoms with Crippen LogP contribution in [0.25, 0.3) is 0 Å². The second kappa shape index (κ2) is 6.56. The molecule has 1 heterocycles. The van der Waals surface area contributed by atoms with Crippen LogP contribution in [-0.4, -0.2) is 16.1 Å². The number of aromatic nitrogens is 2. The number of carbonyl (C=O) groups is 1. The number of carbonyl (C=O) groups excluding carboxylic acids is 1. The van der Waals surface area contributed by atoms with Gasteiger partial charge in [-0.15, -0.1) is 10.2 Å². The predicted octanol–water partition coefficient (Wildman–Crippen LogP) is 3.87. The van der Waals surface area contributed by atoms with Crippen molar-refractivity contribution in [2.75, 3.05) is 10.6 Å². The van der Waals surface area contributed by atoms with E-state index in [-0.39, 0.29) is 11.3 Å². The zero-order valence-corrected chi connectivity index (χ0v) is 13.5. The summed E-state index contributed by atoms with van der Waals surface area (Å²) in [5.41, 5.74) is 2.37. The number of nitrogens with zero attached hydrogens (tertiary/aromatic N) is 2. The molecular formula is C17H22N4O. The first-order chi connectivity index (χ1) is 10.4. The van der Waals surface area contributed by atoms with Gasteiger partial charge in [0.15, 0.2) is 11.6 Å². The summed E-state index contributed by atoms with van der Waals surface area (Å²) in [7, 11) is 0. The lowest BCUT2D eigenvalue weighted by atomic mass is 9.87. The van der Waals surface area contributed by atoms with Gasteiger partial charge in [-0.2, -0.15) is 0 Å². The van der Waals surface area contributed by atoms with E-state index in [1.54, 1.807) is 19.1 Å². The van der Waals surface area contributed by atoms with Gasteiger partial charge in [-0.25, -0.2) is 0 Å². The van der Waals surface area contributed by atoms with Gasteiger partial charge in [0.05, 0.1) is 0 Å². The lowest BCUT2D eigenvalue weighted by molar-refractivity contribution is -0.115. The molecule has 0 bridgehead atoms. The molecule has 1 amide bonds. The molecule has 116 valence electrons. The molecule has 2 rings (SSSR count). The zero-order chi connectivity index (χ0) is 16.2. The van der Waals surface area contributed by atoms with Crippen molar-refractivity contribution in [3.8, 4) is 0 Å². The maximum Gasteiger partial charge on any atom is 0.225 e. The Labute approximate surface area is 131 Å². The van der Waals surface area contributed by atoms with Crippen molar-refractivity contribution in [1.82, 2.24) is 10.2 Å². The van der Waals surface area contributed by atoms with Crippen LogP contribution in [0, 0.1) is 0 Å². The van der Waals surface area contributed by atoms with E-state index in [4.69, 9.17) is 0 Å². The van der Waals surface area contributed by atoms with Gasteiger partial charge in [-0.05, 0) is 35.2 Å². The van der Waals surface area contributed by atoms with Crippen molar-refractivity contribution in [3.05, 3.63) is 42.0 Å². The topological polar surface area (TPSA) is 66.9 Å². The molecule has 0 aliphatic rings. The van der Waals surface area contributed by atoms with Crippen LogP contribution in [0.3, 0.4) is 0 Å². The molecule has 0 spiro atoms. The smallest absolute Gasteiger partial charge is 0.225 e. The second-order valence-electron chi connectivity index (χ2n) is 6.16. The fourth-order valence-electron chi connectivity index (χ4n) is 1.90. The van der Waals surface area contributed by atoms with Crippen molar-refractivity contribution in [1.29, 1.82) is 0 Å². The van der Waals surface area contributed by atoms with Crippen LogP contribution >= 0.6 is 0 Å². The molecule has 1 aromatic carbocycles. The Balaban J connectivity index is 2.03. The average Bonchev–Trinajstić information content (AvgIpc) is 2.49. The van der Waals surface area contributed by atoms with Crippen molar-refractivity contribution in [2.24, 2.45) is 0 Å². The summed E-state index contributed by atoms with van der Waals surface area (Å²) in [5, 5.41) is 13.9. The second-order valence-corrected chi connectivity index (χ2v) is 6.16. The van der Waals surface area contributed by atoms with E-state index in [9.17, 15) is 4.79 Å². The number of anilines is 3. The minimum Gasteiger partial charge on any atom is -0.339 e. The van der Waals surface area contributed by atoms with Crippen molar-refractivity contribution < 1.29 is 4.79 Å². The molecule has 0 aliphatic carbocycles. The van der Waals surface area contributed by atoms with Crippen LogP contribution in [0.1, 0.15) is 39.7 Å². The highest BCUT2D eigenvalue weighted by molar-refractivity contribution is 5.89. The molecule has 2 aromatic rings. The van der Waals surface area contributed by atoms with Crippen LogP contribution in [0.2, 0.25) is 0 Å². The molecule has 0 saturated carbocycles. The molecule has 22 heavy (non-hydrogen) atoms. The molecule has 0 saturated heterocycles. The van der Waals surface area contributed by atoms with Crippen molar-refractivity contribution in [3.63, 3.8) is 0 Å². The molecule has 5 heteroatoms. The number of amides is 1. The number of hydrogen-bond acceptors (Lipinski definition) is 4. The van der Waals surface area contributed by atoms with Crippen molar-refractivity contribution >= 4 is 23.2 Å². The SMILES string of the molecule is CCC(=O)Nc1ccc(Nc2ccc(C(C)(C)C)cc2)nn1. The van der Waals surface area contributed by atoms with Gasteiger partial charge in [0, 0.05) is 12.1 Å². The van der Waals surface area contributed by atoms with Gasteiger partial charge >= 0.3 is 0 Å². The largest absolute Gasteiger partial charge is 0.339 e. The molecule has 0 fully saturated rings. The van der Waals surface area contributed by atoms with Crippen molar-refractivity contribution in [2.45, 2.75) is 39.5 Å². The van der Waals surface area contributed by atoms with E-state index in [1.165, 1.54) is 5.56 Å². The Kier molecular flexibility index (Phi) is 4.75. The molecule has 0 atom stereocenters. The standard InChI is InChI=1S/C17H22N4O/c1-5-16(22)19-15-11-10-14(20-21-15)18-13-8-6-12(7-9-13)17(2,3)4/h6-11H,5H2,1-4H3,(H,18,20)(H,19,21,22). The van der Waals surface area contributed by atoms with E-state index < -0.39 is 0 Å². The normalized spacial score (nSPS) is 11.1. The van der Waals surface area contributed by atoms with E-state index in [2.05, 4.69) is 53.7 Å². The summed E-state index contributed by atoms with van der Waals surface area (Å²) in [4.78, 5) is 11.3. The highest BCUT2D eigenvalue weighted by Crippen LogP contribution is 2.24. The Hall–Kier alpha value is -2.43. The minimum absolute atomic E-state index is 0.0761. The van der Waals surface area contributed by atoms with Gasteiger partial charge in [0.25, 0.3) is 0 Å². The van der Waals surface area contributed by atoms with E-state index in [0.29, 0.717) is 18.1 Å². The van der Waals surface area contributed by atoms with Crippen LogP contribution in [-0.2, 0) is 10.2 Å². The summed E-state index contributed by atoms with van der Waals surface area (Å²) in [6.45, 7) is 8.35. The van der Waals surface area contributed by atoms with Crippen LogP contribution in [0.4, 0.5) is 17.3 Å². The molecular weight excluding hydrogens is 276 g/mol. The van der Waals surface area contributed by atoms with Gasteiger partial charge in [-0.1, -0.05) is 39.8 Å². The fourth-order valence-corrected chi connectivity index (χ4v) is 1.90. The molecule has 0 aliphatic heterocycles. The number of nitrogens with one attached hydrogen (secondary N) is 2. The Bertz CT molecular complexity index is 627. The molecule has 1 aromatic heterocycles. The third kappa shape index (κ3) is 4.28. The maximum atomic E-state index is 11.3. The minimum atomic E-state index is -0.0761. The Morgan fingerprint density at radius 3 is 2.09 bits per heavy atom. The third-order valence-corrected chi connectivity index (χ3v) is 3.28. The highest BCUT2D eigenvalue weighted by atomic mass is 16.1. The number of rotatable bonds is 4. The summed E-state index contributed by atoms with van der Waals surface area (Å²) >= 11 is 0. The molecule has 5 nitrogen and oxygen atoms in total. The average molecular weight is 298 g/mol. The van der Waals surface area contributed by atoms with Crippen LogP contribution in [0.5, 0.6) is 0 Å². The monoisotopic (exact) mass is 298 g/mol. The lowest BCUT2D eigenvalue weighted by Crippen LogP contribution is -2.11. The summed E-state index contributed by atoms with van der Waals surface area (Å²) in [6.07, 6.45) is 0.418. The quantitative estimate of drug-likeness (QED) is 0.899. The Morgan fingerprint density at radius 1 is 1.00 bits per heavy atom. The van der Waals surface area contributed by atoms with Crippen LogP contribution < -0.4 is 10.6 Å². The van der Waals surface area contributed by atoms with E-state index in [0.717, 1.165) is 5.69 Å². The van der Waals surface area contributed by atoms with Gasteiger partial charge < -0.3 is 10.6 Å². The predicted molar refractivity (Wildman–Crippen MR) is 89.4 cm³/mol. The lowest BCUT2D eigenvalue weighted by Gasteiger charge is -2.19. The first-order valence-electron chi connectivity index (χ1n) is 7.39. The summed E-state index contributed by atoms with van der Waals surface area (Å²) < 4.78 is 0. The highest BCUT2D eigenvalue weighted by Gasteiger charge is 2.12. The number of hydrogen-bond donors (Lipinski definition) is 2. The van der Waals surface area contributed by atoms with Crippen LogP contribution in [0.15, 0.2) is 36.4 Å². The Morgan fingerprint density at radius 2 is 1.59 bits per heavy atom. The van der Waals surface area contributed by atoms with Gasteiger partial charge in [0.2, 0.25) is 5.91 Å².